The zero-order valence-electron chi connectivity index (χ0n) is 10.9. The number of methoxy groups -OCH3 is 1. The molecule has 0 radical (unpaired) electrons. The van der Waals surface area contributed by atoms with Crippen LogP contribution in [0.2, 0.25) is 5.15 Å². The van der Waals surface area contributed by atoms with Gasteiger partial charge in [0.1, 0.15) is 17.0 Å². The van der Waals surface area contributed by atoms with Crippen LogP contribution in [0.5, 0.6) is 0 Å². The first-order chi connectivity index (χ1) is 9.54. The predicted octanol–water partition coefficient (Wildman–Crippen LogP) is 2.04. The molecule has 2 rings (SSSR count). The summed E-state index contributed by atoms with van der Waals surface area (Å²) in [6, 6.07) is 0.376. The number of hydrogen-bond acceptors (Lipinski definition) is 4. The van der Waals surface area contributed by atoms with Crippen LogP contribution in [0.1, 0.15) is 29.6 Å². The molecule has 1 saturated heterocycles. The van der Waals surface area contributed by atoms with Crippen LogP contribution in [-0.4, -0.2) is 41.5 Å². The predicted molar refractivity (Wildman–Crippen MR) is 69.9 cm³/mol. The number of amides is 1. The third kappa shape index (κ3) is 2.90. The number of ether oxygens (including phenoxy) is 1. The van der Waals surface area contributed by atoms with Gasteiger partial charge >= 0.3 is 5.97 Å². The fraction of sp³-hybridized carbons (Fsp3) is 0.462. The fourth-order valence-electron chi connectivity index (χ4n) is 2.28. The van der Waals surface area contributed by atoms with Crippen molar-refractivity contribution in [3.63, 3.8) is 0 Å². The first-order valence-corrected chi connectivity index (χ1v) is 6.62. The molecular formula is C13H14ClFN2O3. The molecule has 1 amide bonds. The largest absolute Gasteiger partial charge is 0.467 e. The van der Waals surface area contributed by atoms with E-state index in [-0.39, 0.29) is 10.7 Å². The van der Waals surface area contributed by atoms with E-state index in [2.05, 4.69) is 4.98 Å². The first-order valence-electron chi connectivity index (χ1n) is 6.24. The van der Waals surface area contributed by atoms with Gasteiger partial charge in [-0.3, -0.25) is 4.79 Å². The van der Waals surface area contributed by atoms with Gasteiger partial charge in [-0.25, -0.2) is 14.2 Å². The van der Waals surface area contributed by atoms with Gasteiger partial charge < -0.3 is 9.64 Å². The van der Waals surface area contributed by atoms with Crippen LogP contribution >= 0.6 is 11.6 Å². The summed E-state index contributed by atoms with van der Waals surface area (Å²) in [5.41, 5.74) is -0.0394. The number of hydrogen-bond donors (Lipinski definition) is 0. The number of esters is 1. The summed E-state index contributed by atoms with van der Waals surface area (Å²) in [6.07, 6.45) is 3.07. The molecule has 0 N–H and O–H groups in total. The number of carbonyl (C=O) groups is 2. The SMILES string of the molecule is COC(=O)C1CCCCN1C(=O)c1cc(F)cnc1Cl. The lowest BCUT2D eigenvalue weighted by atomic mass is 10.0. The molecule has 0 saturated carbocycles. The topological polar surface area (TPSA) is 59.5 Å². The highest BCUT2D eigenvalue weighted by molar-refractivity contribution is 6.32. The molecule has 1 fully saturated rings. The first kappa shape index (κ1) is 14.7. The highest BCUT2D eigenvalue weighted by atomic mass is 35.5. The number of rotatable bonds is 2. The van der Waals surface area contributed by atoms with Crippen molar-refractivity contribution in [1.82, 2.24) is 9.88 Å². The van der Waals surface area contributed by atoms with Gasteiger partial charge in [0.25, 0.3) is 5.91 Å². The average Bonchev–Trinajstić information content (AvgIpc) is 2.48. The number of pyridine rings is 1. The van der Waals surface area contributed by atoms with E-state index in [4.69, 9.17) is 16.3 Å². The zero-order valence-corrected chi connectivity index (χ0v) is 11.7. The minimum Gasteiger partial charge on any atom is -0.467 e. The Bertz CT molecular complexity index is 538. The lowest BCUT2D eigenvalue weighted by Crippen LogP contribution is -2.48. The third-order valence-corrected chi connectivity index (χ3v) is 3.57. The van der Waals surface area contributed by atoms with Gasteiger partial charge in [0.15, 0.2) is 0 Å². The Labute approximate surface area is 120 Å². The lowest BCUT2D eigenvalue weighted by molar-refractivity contribution is -0.147. The second kappa shape index (κ2) is 6.17. The van der Waals surface area contributed by atoms with E-state index in [0.29, 0.717) is 13.0 Å². The summed E-state index contributed by atoms with van der Waals surface area (Å²) in [5.74, 6) is -1.62. The van der Waals surface area contributed by atoms with Crippen LogP contribution in [0.3, 0.4) is 0 Å². The van der Waals surface area contributed by atoms with Crippen LogP contribution in [0.4, 0.5) is 4.39 Å². The Morgan fingerprint density at radius 3 is 2.95 bits per heavy atom. The van der Waals surface area contributed by atoms with Gasteiger partial charge in [0.2, 0.25) is 0 Å². The van der Waals surface area contributed by atoms with E-state index >= 15 is 0 Å². The number of aromatic nitrogens is 1. The maximum absolute atomic E-state index is 13.2. The molecule has 1 aliphatic heterocycles. The Kier molecular flexibility index (Phi) is 4.54. The maximum Gasteiger partial charge on any atom is 0.328 e. The van der Waals surface area contributed by atoms with E-state index < -0.39 is 23.7 Å². The highest BCUT2D eigenvalue weighted by Crippen LogP contribution is 2.23. The highest BCUT2D eigenvalue weighted by Gasteiger charge is 2.34. The lowest BCUT2D eigenvalue weighted by Gasteiger charge is -2.33. The average molecular weight is 301 g/mol. The smallest absolute Gasteiger partial charge is 0.328 e. The molecule has 0 aromatic carbocycles. The second-order valence-electron chi connectivity index (χ2n) is 4.53. The number of carbonyl (C=O) groups excluding carboxylic acids is 2. The monoisotopic (exact) mass is 300 g/mol. The standard InChI is InChI=1S/C13H14ClFN2O3/c1-20-13(19)10-4-2-3-5-17(10)12(18)9-6-8(15)7-16-11(9)14/h6-7,10H,2-5H2,1H3. The molecule has 108 valence electrons. The molecule has 2 heterocycles. The molecule has 1 aromatic rings. The minimum atomic E-state index is -0.652. The van der Waals surface area contributed by atoms with Gasteiger partial charge in [0.05, 0.1) is 18.9 Å². The minimum absolute atomic E-state index is 0.0394. The Hall–Kier alpha value is -1.69. The Morgan fingerprint density at radius 2 is 2.25 bits per heavy atom. The maximum atomic E-state index is 13.2. The molecule has 0 spiro atoms. The third-order valence-electron chi connectivity index (χ3n) is 3.27. The molecule has 1 aromatic heterocycles. The summed E-state index contributed by atoms with van der Waals surface area (Å²) >= 11 is 5.83. The van der Waals surface area contributed by atoms with E-state index in [0.717, 1.165) is 25.1 Å². The van der Waals surface area contributed by atoms with Gasteiger partial charge in [-0.15, -0.1) is 0 Å². The summed E-state index contributed by atoms with van der Waals surface area (Å²) in [6.45, 7) is 0.408. The van der Waals surface area contributed by atoms with E-state index in [1.54, 1.807) is 0 Å². The van der Waals surface area contributed by atoms with Crippen LogP contribution in [-0.2, 0) is 9.53 Å². The molecule has 1 aliphatic rings. The molecule has 20 heavy (non-hydrogen) atoms. The van der Waals surface area contributed by atoms with Crippen molar-refractivity contribution in [2.75, 3.05) is 13.7 Å². The molecule has 1 unspecified atom stereocenters. The summed E-state index contributed by atoms with van der Waals surface area (Å²) in [7, 11) is 1.27. The molecule has 7 heteroatoms. The van der Waals surface area contributed by atoms with Crippen LogP contribution < -0.4 is 0 Å². The number of nitrogens with zero attached hydrogens (tertiary/aromatic N) is 2. The van der Waals surface area contributed by atoms with E-state index in [1.165, 1.54) is 12.0 Å². The molecule has 5 nitrogen and oxygen atoms in total. The normalized spacial score (nSPS) is 18.8. The van der Waals surface area contributed by atoms with E-state index in [9.17, 15) is 14.0 Å². The van der Waals surface area contributed by atoms with Crippen molar-refractivity contribution >= 4 is 23.5 Å². The van der Waals surface area contributed by atoms with E-state index in [1.807, 2.05) is 0 Å². The van der Waals surface area contributed by atoms with Crippen LogP contribution in [0.25, 0.3) is 0 Å². The van der Waals surface area contributed by atoms with Crippen molar-refractivity contribution < 1.29 is 18.7 Å². The van der Waals surface area contributed by atoms with Gasteiger partial charge in [-0.2, -0.15) is 0 Å². The van der Waals surface area contributed by atoms with Crippen molar-refractivity contribution in [1.29, 1.82) is 0 Å². The van der Waals surface area contributed by atoms with Crippen molar-refractivity contribution in [3.8, 4) is 0 Å². The fourth-order valence-corrected chi connectivity index (χ4v) is 2.47. The van der Waals surface area contributed by atoms with Gasteiger partial charge in [0, 0.05) is 6.54 Å². The van der Waals surface area contributed by atoms with Gasteiger partial charge in [-0.1, -0.05) is 11.6 Å². The van der Waals surface area contributed by atoms with Crippen LogP contribution in [0, 0.1) is 5.82 Å². The van der Waals surface area contributed by atoms with Crippen LogP contribution in [0.15, 0.2) is 12.3 Å². The molecule has 1 atom stereocenters. The quantitative estimate of drug-likeness (QED) is 0.619. The second-order valence-corrected chi connectivity index (χ2v) is 4.88. The van der Waals surface area contributed by atoms with Crippen molar-refractivity contribution in [2.24, 2.45) is 0 Å². The molecular weight excluding hydrogens is 287 g/mol. The molecule has 0 bridgehead atoms. The Morgan fingerprint density at radius 1 is 1.50 bits per heavy atom. The van der Waals surface area contributed by atoms with Crippen molar-refractivity contribution in [2.45, 2.75) is 25.3 Å². The zero-order chi connectivity index (χ0) is 14.7. The Balaban J connectivity index is 2.30. The summed E-state index contributed by atoms with van der Waals surface area (Å²) in [5, 5.41) is -0.0782. The summed E-state index contributed by atoms with van der Waals surface area (Å²) in [4.78, 5) is 29.1. The summed E-state index contributed by atoms with van der Waals surface area (Å²) < 4.78 is 17.9. The number of likely N-dealkylation sites (tertiary alicyclic amines) is 1. The van der Waals surface area contributed by atoms with Crippen molar-refractivity contribution in [3.05, 3.63) is 28.8 Å². The number of halogens is 2. The molecule has 0 aliphatic carbocycles. The number of piperidine rings is 1. The van der Waals surface area contributed by atoms with Gasteiger partial charge in [-0.05, 0) is 25.3 Å².